The summed E-state index contributed by atoms with van der Waals surface area (Å²) in [6, 6.07) is 12.4. The molecule has 0 bridgehead atoms. The molecule has 3 heterocycles. The minimum Gasteiger partial charge on any atom is -0.360 e. The van der Waals surface area contributed by atoms with Crippen molar-refractivity contribution in [3.63, 3.8) is 0 Å². The van der Waals surface area contributed by atoms with Crippen LogP contribution in [0, 0.1) is 11.3 Å². The van der Waals surface area contributed by atoms with E-state index in [1.54, 1.807) is 11.2 Å². The molecular weight excluding hydrogens is 348 g/mol. The highest BCUT2D eigenvalue weighted by atomic mass is 32.1. The van der Waals surface area contributed by atoms with Crippen LogP contribution in [0.25, 0.3) is 0 Å². The molecule has 0 saturated carbocycles. The van der Waals surface area contributed by atoms with Crippen molar-refractivity contribution >= 4 is 22.7 Å². The fraction of sp³-hybridized carbons (Fsp3) is 0.389. The molecule has 2 aliphatic heterocycles. The number of aliphatic hydroxyl groups excluding tert-OH is 1. The van der Waals surface area contributed by atoms with Crippen LogP contribution in [0.2, 0.25) is 0 Å². The smallest absolute Gasteiger partial charge is 0.202 e. The largest absolute Gasteiger partial charge is 0.360 e. The minimum absolute atomic E-state index is 0.0707. The van der Waals surface area contributed by atoms with Crippen LogP contribution in [0.15, 0.2) is 41.6 Å². The zero-order chi connectivity index (χ0) is 17.9. The van der Waals surface area contributed by atoms with E-state index in [9.17, 15) is 5.11 Å². The first kappa shape index (κ1) is 17.0. The standard InChI is InChI=1S/C18H20N6OS/c19-12-15-13-20-17(26-15)22-8-10-23(11-9-22)18(25)24-16(6-7-21-24)14-4-2-1-3-5-14/h1-5,7,13,16,18,25H,6,8-11H2. The Hall–Kier alpha value is -2.47. The highest BCUT2D eigenvalue weighted by Gasteiger charge is 2.33. The lowest BCUT2D eigenvalue weighted by atomic mass is 10.0. The number of nitriles is 1. The summed E-state index contributed by atoms with van der Waals surface area (Å²) in [5.74, 6) is 0. The van der Waals surface area contributed by atoms with Crippen molar-refractivity contribution in [1.82, 2.24) is 14.9 Å². The van der Waals surface area contributed by atoms with E-state index in [0.717, 1.165) is 43.3 Å². The molecule has 0 radical (unpaired) electrons. The van der Waals surface area contributed by atoms with E-state index in [2.05, 4.69) is 33.2 Å². The molecule has 4 rings (SSSR count). The fourth-order valence-electron chi connectivity index (χ4n) is 3.39. The average Bonchev–Trinajstić information content (AvgIpc) is 3.38. The summed E-state index contributed by atoms with van der Waals surface area (Å²) < 4.78 is 0. The molecule has 2 aliphatic rings. The van der Waals surface area contributed by atoms with Crippen LogP contribution in [-0.4, -0.2) is 58.7 Å². The van der Waals surface area contributed by atoms with Crippen molar-refractivity contribution in [3.8, 4) is 6.07 Å². The van der Waals surface area contributed by atoms with Crippen LogP contribution in [-0.2, 0) is 0 Å². The van der Waals surface area contributed by atoms with E-state index >= 15 is 0 Å². The number of aliphatic hydroxyl groups is 1. The highest BCUT2D eigenvalue weighted by molar-refractivity contribution is 7.16. The highest BCUT2D eigenvalue weighted by Crippen LogP contribution is 2.31. The Morgan fingerprint density at radius 3 is 2.65 bits per heavy atom. The van der Waals surface area contributed by atoms with Crippen molar-refractivity contribution < 1.29 is 5.11 Å². The third kappa shape index (κ3) is 3.29. The SMILES string of the molecule is N#Cc1cnc(N2CCN(C(O)N3N=CCC3c3ccccc3)CC2)s1. The van der Waals surface area contributed by atoms with Gasteiger partial charge in [0.25, 0.3) is 0 Å². The number of rotatable bonds is 4. The first-order valence-electron chi connectivity index (χ1n) is 8.65. The van der Waals surface area contributed by atoms with Crippen molar-refractivity contribution in [3.05, 3.63) is 47.0 Å². The lowest BCUT2D eigenvalue weighted by Crippen LogP contribution is -2.55. The molecule has 2 atom stereocenters. The second-order valence-electron chi connectivity index (χ2n) is 6.33. The Morgan fingerprint density at radius 1 is 1.19 bits per heavy atom. The number of nitrogens with zero attached hydrogens (tertiary/aromatic N) is 6. The lowest BCUT2D eigenvalue weighted by Gasteiger charge is -2.41. The van der Waals surface area contributed by atoms with Crippen LogP contribution < -0.4 is 4.90 Å². The van der Waals surface area contributed by atoms with Gasteiger partial charge in [-0.15, -0.1) is 0 Å². The molecule has 0 amide bonds. The van der Waals surface area contributed by atoms with Gasteiger partial charge in [0.2, 0.25) is 6.35 Å². The van der Waals surface area contributed by atoms with Gasteiger partial charge in [0, 0.05) is 38.8 Å². The second kappa shape index (κ2) is 7.41. The van der Waals surface area contributed by atoms with Crippen LogP contribution in [0.1, 0.15) is 22.9 Å². The van der Waals surface area contributed by atoms with Gasteiger partial charge in [-0.25, -0.2) is 9.99 Å². The lowest BCUT2D eigenvalue weighted by molar-refractivity contribution is -0.126. The van der Waals surface area contributed by atoms with Gasteiger partial charge in [-0.3, -0.25) is 4.90 Å². The molecule has 0 spiro atoms. The first-order valence-corrected chi connectivity index (χ1v) is 9.46. The molecule has 7 nitrogen and oxygen atoms in total. The number of piperazine rings is 1. The van der Waals surface area contributed by atoms with E-state index in [1.807, 2.05) is 29.3 Å². The summed E-state index contributed by atoms with van der Waals surface area (Å²) in [5, 5.41) is 26.9. The Bertz CT molecular complexity index is 809. The Labute approximate surface area is 156 Å². The predicted octanol–water partition coefficient (Wildman–Crippen LogP) is 1.85. The van der Waals surface area contributed by atoms with Gasteiger partial charge in [0.15, 0.2) is 5.13 Å². The van der Waals surface area contributed by atoms with E-state index in [-0.39, 0.29) is 6.04 Å². The molecule has 1 saturated heterocycles. The fourth-order valence-corrected chi connectivity index (χ4v) is 4.15. The molecule has 1 fully saturated rings. The summed E-state index contributed by atoms with van der Waals surface area (Å²) >= 11 is 1.41. The number of hydrazone groups is 1. The van der Waals surface area contributed by atoms with E-state index < -0.39 is 6.35 Å². The molecule has 134 valence electrons. The van der Waals surface area contributed by atoms with Crippen LogP contribution in [0.4, 0.5) is 5.13 Å². The zero-order valence-electron chi connectivity index (χ0n) is 14.3. The number of benzene rings is 1. The Balaban J connectivity index is 1.39. The van der Waals surface area contributed by atoms with Crippen LogP contribution in [0.5, 0.6) is 0 Å². The molecule has 26 heavy (non-hydrogen) atoms. The van der Waals surface area contributed by atoms with Crippen LogP contribution in [0.3, 0.4) is 0 Å². The molecule has 8 heteroatoms. The summed E-state index contributed by atoms with van der Waals surface area (Å²) in [4.78, 5) is 9.14. The van der Waals surface area contributed by atoms with Gasteiger partial charge in [0.05, 0.1) is 12.2 Å². The molecule has 1 N–H and O–H groups in total. The van der Waals surface area contributed by atoms with E-state index in [0.29, 0.717) is 4.88 Å². The van der Waals surface area contributed by atoms with Crippen molar-refractivity contribution in [2.75, 3.05) is 31.1 Å². The van der Waals surface area contributed by atoms with Gasteiger partial charge in [-0.1, -0.05) is 41.7 Å². The summed E-state index contributed by atoms with van der Waals surface area (Å²) in [7, 11) is 0. The van der Waals surface area contributed by atoms with Gasteiger partial charge in [-0.05, 0) is 5.56 Å². The summed E-state index contributed by atoms with van der Waals surface area (Å²) in [6.45, 7) is 2.97. The normalized spacial score (nSPS) is 21.8. The van der Waals surface area contributed by atoms with Gasteiger partial charge in [0.1, 0.15) is 10.9 Å². The topological polar surface area (TPSA) is 79.0 Å². The Kier molecular flexibility index (Phi) is 4.84. The maximum Gasteiger partial charge on any atom is 0.202 e. The van der Waals surface area contributed by atoms with Crippen molar-refractivity contribution in [2.24, 2.45) is 5.10 Å². The van der Waals surface area contributed by atoms with Gasteiger partial charge >= 0.3 is 0 Å². The monoisotopic (exact) mass is 368 g/mol. The zero-order valence-corrected chi connectivity index (χ0v) is 15.1. The third-order valence-corrected chi connectivity index (χ3v) is 5.76. The number of hydrogen-bond acceptors (Lipinski definition) is 8. The molecule has 1 aromatic carbocycles. The summed E-state index contributed by atoms with van der Waals surface area (Å²) in [6.07, 6.45) is 3.55. The molecule has 1 aromatic heterocycles. The quantitative estimate of drug-likeness (QED) is 0.887. The van der Waals surface area contributed by atoms with Gasteiger partial charge < -0.3 is 10.0 Å². The number of anilines is 1. The second-order valence-corrected chi connectivity index (χ2v) is 7.34. The predicted molar refractivity (Wildman–Crippen MR) is 101 cm³/mol. The minimum atomic E-state index is -0.743. The number of thiazole rings is 1. The van der Waals surface area contributed by atoms with Crippen molar-refractivity contribution in [2.45, 2.75) is 18.8 Å². The molecule has 2 unspecified atom stereocenters. The van der Waals surface area contributed by atoms with Crippen molar-refractivity contribution in [1.29, 1.82) is 5.26 Å². The van der Waals surface area contributed by atoms with Crippen LogP contribution >= 0.6 is 11.3 Å². The first-order chi connectivity index (χ1) is 12.8. The Morgan fingerprint density at radius 2 is 1.96 bits per heavy atom. The molecular formula is C18H20N6OS. The summed E-state index contributed by atoms with van der Waals surface area (Å²) in [5.41, 5.74) is 1.16. The molecule has 2 aromatic rings. The number of aromatic nitrogens is 1. The number of hydrogen-bond donors (Lipinski definition) is 1. The van der Waals surface area contributed by atoms with Gasteiger partial charge in [-0.2, -0.15) is 10.4 Å². The third-order valence-electron chi connectivity index (χ3n) is 4.80. The molecule has 0 aliphatic carbocycles. The average molecular weight is 368 g/mol. The maximum atomic E-state index is 10.9. The maximum absolute atomic E-state index is 10.9. The van der Waals surface area contributed by atoms with E-state index in [4.69, 9.17) is 5.26 Å². The van der Waals surface area contributed by atoms with E-state index in [1.165, 1.54) is 11.3 Å².